The summed E-state index contributed by atoms with van der Waals surface area (Å²) in [6.45, 7) is 0. The van der Waals surface area contributed by atoms with Crippen LogP contribution in [-0.4, -0.2) is 7.11 Å². The van der Waals surface area contributed by atoms with Gasteiger partial charge in [-0.25, -0.2) is 0 Å². The van der Waals surface area contributed by atoms with Gasteiger partial charge in [-0.05, 0) is 36.6 Å². The van der Waals surface area contributed by atoms with Gasteiger partial charge >= 0.3 is 0 Å². The Morgan fingerprint density at radius 1 is 0.950 bits per heavy atom. The molecule has 0 heterocycles. The maximum absolute atomic E-state index is 5.45. The fourth-order valence-corrected chi connectivity index (χ4v) is 2.52. The first-order valence-corrected chi connectivity index (χ1v) is 6.82. The van der Waals surface area contributed by atoms with Gasteiger partial charge in [0.2, 0.25) is 0 Å². The van der Waals surface area contributed by atoms with E-state index in [2.05, 4.69) is 24.0 Å². The molecule has 20 heavy (non-hydrogen) atoms. The Balaban J connectivity index is 1.98. The van der Waals surface area contributed by atoms with Crippen LogP contribution in [0.3, 0.4) is 0 Å². The van der Waals surface area contributed by atoms with Gasteiger partial charge in [0.25, 0.3) is 0 Å². The first-order chi connectivity index (χ1) is 9.88. The lowest BCUT2D eigenvalue weighted by molar-refractivity contribution is 0.409. The van der Waals surface area contributed by atoms with Crippen molar-refractivity contribution in [3.05, 3.63) is 71.3 Å². The number of fused-ring (bicyclic) bond motifs is 1. The van der Waals surface area contributed by atoms with Gasteiger partial charge in [-0.3, -0.25) is 0 Å². The SMILES string of the molecule is COc1cccc2c1CCC=C2C#Cc1ccccc1. The van der Waals surface area contributed by atoms with Crippen LogP contribution in [0.4, 0.5) is 0 Å². The van der Waals surface area contributed by atoms with Crippen molar-refractivity contribution in [3.8, 4) is 17.6 Å². The minimum atomic E-state index is 0.967. The van der Waals surface area contributed by atoms with Crippen LogP contribution in [0.1, 0.15) is 23.1 Å². The first-order valence-electron chi connectivity index (χ1n) is 6.82. The van der Waals surface area contributed by atoms with E-state index < -0.39 is 0 Å². The van der Waals surface area contributed by atoms with Crippen LogP contribution in [0.15, 0.2) is 54.6 Å². The average Bonchev–Trinajstić information content (AvgIpc) is 2.53. The topological polar surface area (TPSA) is 9.23 Å². The molecule has 0 N–H and O–H groups in total. The van der Waals surface area contributed by atoms with Gasteiger partial charge in [0.15, 0.2) is 0 Å². The Hall–Kier alpha value is -2.46. The zero-order valence-electron chi connectivity index (χ0n) is 11.5. The Labute approximate surface area is 119 Å². The summed E-state index contributed by atoms with van der Waals surface area (Å²) >= 11 is 0. The highest BCUT2D eigenvalue weighted by Gasteiger charge is 2.14. The number of allylic oxidation sites excluding steroid dienone is 2. The van der Waals surface area contributed by atoms with E-state index in [1.54, 1.807) is 7.11 Å². The molecule has 2 aromatic rings. The largest absolute Gasteiger partial charge is 0.496 e. The molecule has 0 atom stereocenters. The molecule has 0 saturated carbocycles. The van der Waals surface area contributed by atoms with Crippen LogP contribution in [-0.2, 0) is 6.42 Å². The number of hydrogen-bond donors (Lipinski definition) is 0. The van der Waals surface area contributed by atoms with E-state index in [9.17, 15) is 0 Å². The van der Waals surface area contributed by atoms with E-state index in [0.29, 0.717) is 0 Å². The van der Waals surface area contributed by atoms with Gasteiger partial charge in [0.05, 0.1) is 7.11 Å². The van der Waals surface area contributed by atoms with Crippen molar-refractivity contribution in [3.63, 3.8) is 0 Å². The van der Waals surface area contributed by atoms with Crippen molar-refractivity contribution in [2.24, 2.45) is 0 Å². The molecular weight excluding hydrogens is 244 g/mol. The fraction of sp³-hybridized carbons (Fsp3) is 0.158. The van der Waals surface area contributed by atoms with Crippen LogP contribution < -0.4 is 4.74 Å². The zero-order valence-corrected chi connectivity index (χ0v) is 11.5. The summed E-state index contributed by atoms with van der Waals surface area (Å²) in [7, 11) is 1.73. The second kappa shape index (κ2) is 5.67. The molecular formula is C19H16O. The molecule has 0 saturated heterocycles. The molecule has 1 aliphatic carbocycles. The minimum absolute atomic E-state index is 0.967. The molecule has 0 unspecified atom stereocenters. The molecule has 0 fully saturated rings. The zero-order chi connectivity index (χ0) is 13.8. The second-order valence-corrected chi connectivity index (χ2v) is 4.76. The van der Waals surface area contributed by atoms with Crippen LogP contribution >= 0.6 is 0 Å². The summed E-state index contributed by atoms with van der Waals surface area (Å²) in [4.78, 5) is 0. The van der Waals surface area contributed by atoms with E-state index in [-0.39, 0.29) is 0 Å². The molecule has 0 amide bonds. The van der Waals surface area contributed by atoms with Crippen molar-refractivity contribution >= 4 is 5.57 Å². The highest BCUT2D eigenvalue weighted by atomic mass is 16.5. The Bertz CT molecular complexity index is 700. The van der Waals surface area contributed by atoms with Crippen molar-refractivity contribution in [2.75, 3.05) is 7.11 Å². The van der Waals surface area contributed by atoms with E-state index in [1.807, 2.05) is 42.5 Å². The minimum Gasteiger partial charge on any atom is -0.496 e. The summed E-state index contributed by atoms with van der Waals surface area (Å²) in [6, 6.07) is 16.3. The van der Waals surface area contributed by atoms with Crippen LogP contribution in [0.2, 0.25) is 0 Å². The predicted octanol–water partition coefficient (Wildman–Crippen LogP) is 4.08. The lowest BCUT2D eigenvalue weighted by atomic mass is 9.90. The van der Waals surface area contributed by atoms with Gasteiger partial charge in [0.1, 0.15) is 5.75 Å². The van der Waals surface area contributed by atoms with E-state index >= 15 is 0 Å². The number of hydrogen-bond acceptors (Lipinski definition) is 1. The molecule has 0 radical (unpaired) electrons. The van der Waals surface area contributed by atoms with Gasteiger partial charge in [-0.2, -0.15) is 0 Å². The molecule has 1 aliphatic rings. The Morgan fingerprint density at radius 3 is 2.60 bits per heavy atom. The van der Waals surface area contributed by atoms with Gasteiger partial charge < -0.3 is 4.74 Å². The molecule has 0 spiro atoms. The lowest BCUT2D eigenvalue weighted by Gasteiger charge is -2.17. The summed E-state index contributed by atoms with van der Waals surface area (Å²) in [5.74, 6) is 7.50. The molecule has 1 nitrogen and oxygen atoms in total. The molecule has 98 valence electrons. The lowest BCUT2D eigenvalue weighted by Crippen LogP contribution is -2.01. The third-order valence-corrected chi connectivity index (χ3v) is 3.50. The summed E-state index contributed by atoms with van der Waals surface area (Å²) in [5, 5.41) is 0. The quantitative estimate of drug-likeness (QED) is 0.702. The Kier molecular flexibility index (Phi) is 3.56. The molecule has 3 rings (SSSR count). The van der Waals surface area contributed by atoms with Crippen LogP contribution in [0, 0.1) is 11.8 Å². The van der Waals surface area contributed by atoms with Crippen LogP contribution in [0.25, 0.3) is 5.57 Å². The maximum Gasteiger partial charge on any atom is 0.122 e. The highest BCUT2D eigenvalue weighted by Crippen LogP contribution is 2.32. The molecule has 0 aliphatic heterocycles. The highest BCUT2D eigenvalue weighted by molar-refractivity contribution is 5.83. The summed E-state index contributed by atoms with van der Waals surface area (Å²) in [6.07, 6.45) is 4.26. The van der Waals surface area contributed by atoms with Crippen LogP contribution in [0.5, 0.6) is 5.75 Å². The van der Waals surface area contributed by atoms with Crippen molar-refractivity contribution in [2.45, 2.75) is 12.8 Å². The smallest absolute Gasteiger partial charge is 0.122 e. The third-order valence-electron chi connectivity index (χ3n) is 3.50. The third kappa shape index (κ3) is 2.46. The molecule has 0 aromatic heterocycles. The van der Waals surface area contributed by atoms with E-state index in [4.69, 9.17) is 4.74 Å². The summed E-state index contributed by atoms with van der Waals surface area (Å²) < 4.78 is 5.45. The molecule has 0 bridgehead atoms. The monoisotopic (exact) mass is 260 g/mol. The summed E-state index contributed by atoms with van der Waals surface area (Å²) in [5.41, 5.74) is 4.63. The number of benzene rings is 2. The Morgan fingerprint density at radius 2 is 1.80 bits per heavy atom. The standard InChI is InChI=1S/C19H16O/c1-20-19-12-6-10-17-16(9-5-11-18(17)19)14-13-15-7-3-2-4-8-15/h2-4,6-10,12H,5,11H2,1H3. The second-order valence-electron chi connectivity index (χ2n) is 4.76. The van der Waals surface area contributed by atoms with Crippen molar-refractivity contribution in [1.29, 1.82) is 0 Å². The molecule has 1 heteroatoms. The predicted molar refractivity (Wildman–Crippen MR) is 82.6 cm³/mol. The van der Waals surface area contributed by atoms with E-state index in [0.717, 1.165) is 29.7 Å². The fourth-order valence-electron chi connectivity index (χ4n) is 2.52. The number of rotatable bonds is 1. The average molecular weight is 260 g/mol. The number of methoxy groups -OCH3 is 1. The molecule has 2 aromatic carbocycles. The first kappa shape index (κ1) is 12.6. The van der Waals surface area contributed by atoms with Gasteiger partial charge in [-0.15, -0.1) is 0 Å². The van der Waals surface area contributed by atoms with Gasteiger partial charge in [-0.1, -0.05) is 48.2 Å². The van der Waals surface area contributed by atoms with Crippen molar-refractivity contribution < 1.29 is 4.74 Å². The maximum atomic E-state index is 5.45. The number of ether oxygens (including phenoxy) is 1. The van der Waals surface area contributed by atoms with Crippen molar-refractivity contribution in [1.82, 2.24) is 0 Å². The van der Waals surface area contributed by atoms with Gasteiger partial charge in [0, 0.05) is 16.7 Å². The normalized spacial score (nSPS) is 12.8. The van der Waals surface area contributed by atoms with E-state index in [1.165, 1.54) is 11.1 Å².